The molecule has 0 saturated heterocycles. The number of hydrogen-bond donors (Lipinski definition) is 1. The van der Waals surface area contributed by atoms with Gasteiger partial charge in [-0.1, -0.05) is 25.6 Å². The molecule has 2 aromatic rings. The maximum Gasteiger partial charge on any atom is 0.234 e. The molecular weight excluding hydrogens is 312 g/mol. The van der Waals surface area contributed by atoms with Crippen molar-refractivity contribution in [1.82, 2.24) is 20.2 Å². The number of carbonyl (C=O) groups is 1. The molecule has 0 atom stereocenters. The molecule has 0 bridgehead atoms. The number of rotatable bonds is 6. The van der Waals surface area contributed by atoms with Gasteiger partial charge in [0.15, 0.2) is 0 Å². The SMILES string of the molecule is CC(C)Cn1nnnc1SCC(=O)Nc1cc(F)ccc1F. The second kappa shape index (κ2) is 7.30. The molecule has 0 radical (unpaired) electrons. The molecule has 0 saturated carbocycles. The third-order valence-electron chi connectivity index (χ3n) is 2.57. The van der Waals surface area contributed by atoms with Crippen LogP contribution in [0, 0.1) is 17.6 Å². The average Bonchev–Trinajstić information content (AvgIpc) is 2.87. The molecule has 0 fully saturated rings. The number of aromatic nitrogens is 4. The van der Waals surface area contributed by atoms with Gasteiger partial charge in [-0.05, 0) is 28.5 Å². The van der Waals surface area contributed by atoms with Gasteiger partial charge < -0.3 is 5.32 Å². The quantitative estimate of drug-likeness (QED) is 0.825. The van der Waals surface area contributed by atoms with Crippen molar-refractivity contribution >= 4 is 23.4 Å². The summed E-state index contributed by atoms with van der Waals surface area (Å²) in [6.07, 6.45) is 0. The van der Waals surface area contributed by atoms with Crippen LogP contribution in [0.4, 0.5) is 14.5 Å². The lowest BCUT2D eigenvalue weighted by atomic mass is 10.2. The molecule has 1 aromatic heterocycles. The number of hydrogen-bond acceptors (Lipinski definition) is 5. The standard InChI is InChI=1S/C13H15F2N5OS/c1-8(2)6-20-13(17-18-19-20)22-7-12(21)16-11-5-9(14)3-4-10(11)15/h3-5,8H,6-7H2,1-2H3,(H,16,21). The van der Waals surface area contributed by atoms with Gasteiger partial charge in [0.25, 0.3) is 0 Å². The van der Waals surface area contributed by atoms with Gasteiger partial charge in [0.1, 0.15) is 11.6 Å². The van der Waals surface area contributed by atoms with Crippen LogP contribution >= 0.6 is 11.8 Å². The van der Waals surface area contributed by atoms with Crippen LogP contribution in [0.25, 0.3) is 0 Å². The van der Waals surface area contributed by atoms with Crippen molar-refractivity contribution in [3.8, 4) is 0 Å². The van der Waals surface area contributed by atoms with E-state index in [1.54, 1.807) is 4.68 Å². The van der Waals surface area contributed by atoms with Crippen LogP contribution in [0.3, 0.4) is 0 Å². The summed E-state index contributed by atoms with van der Waals surface area (Å²) in [6, 6.07) is 2.88. The number of carbonyl (C=O) groups excluding carboxylic acids is 1. The highest BCUT2D eigenvalue weighted by Gasteiger charge is 2.13. The summed E-state index contributed by atoms with van der Waals surface area (Å²) in [6.45, 7) is 4.68. The van der Waals surface area contributed by atoms with E-state index < -0.39 is 17.5 Å². The fourth-order valence-electron chi connectivity index (χ4n) is 1.67. The van der Waals surface area contributed by atoms with Crippen molar-refractivity contribution in [1.29, 1.82) is 0 Å². The number of benzene rings is 1. The number of halogens is 2. The van der Waals surface area contributed by atoms with E-state index in [4.69, 9.17) is 0 Å². The Balaban J connectivity index is 1.93. The Hall–Kier alpha value is -2.03. The Morgan fingerprint density at radius 3 is 2.91 bits per heavy atom. The average molecular weight is 327 g/mol. The largest absolute Gasteiger partial charge is 0.323 e. The Morgan fingerprint density at radius 1 is 1.41 bits per heavy atom. The summed E-state index contributed by atoms with van der Waals surface area (Å²) in [4.78, 5) is 11.8. The van der Waals surface area contributed by atoms with Crippen LogP contribution in [-0.2, 0) is 11.3 Å². The summed E-state index contributed by atoms with van der Waals surface area (Å²) < 4.78 is 28.1. The molecule has 1 aromatic carbocycles. The van der Waals surface area contributed by atoms with Gasteiger partial charge in [0.05, 0.1) is 11.4 Å². The molecule has 118 valence electrons. The first-order chi connectivity index (χ1) is 10.5. The number of thioether (sulfide) groups is 1. The minimum absolute atomic E-state index is 0.00553. The van der Waals surface area contributed by atoms with Crippen molar-refractivity contribution in [2.75, 3.05) is 11.1 Å². The third kappa shape index (κ3) is 4.48. The smallest absolute Gasteiger partial charge is 0.234 e. The summed E-state index contributed by atoms with van der Waals surface area (Å²) in [5.41, 5.74) is -0.188. The van der Waals surface area contributed by atoms with Crippen LogP contribution in [-0.4, -0.2) is 31.9 Å². The first kappa shape index (κ1) is 16.3. The Morgan fingerprint density at radius 2 is 2.18 bits per heavy atom. The molecule has 0 spiro atoms. The van der Waals surface area contributed by atoms with Gasteiger partial charge in [-0.3, -0.25) is 4.79 Å². The van der Waals surface area contributed by atoms with Crippen LogP contribution in [0.2, 0.25) is 0 Å². The van der Waals surface area contributed by atoms with Gasteiger partial charge in [0.2, 0.25) is 11.1 Å². The van der Waals surface area contributed by atoms with Crippen LogP contribution in [0.5, 0.6) is 0 Å². The van der Waals surface area contributed by atoms with E-state index in [2.05, 4.69) is 20.8 Å². The normalized spacial score (nSPS) is 11.0. The fourth-order valence-corrected chi connectivity index (χ4v) is 2.36. The van der Waals surface area contributed by atoms with E-state index in [1.165, 1.54) is 0 Å². The molecule has 0 aliphatic rings. The van der Waals surface area contributed by atoms with Crippen molar-refractivity contribution in [2.45, 2.75) is 25.5 Å². The molecule has 9 heteroatoms. The zero-order valence-electron chi connectivity index (χ0n) is 12.1. The number of tetrazole rings is 1. The van der Waals surface area contributed by atoms with E-state index in [0.717, 1.165) is 30.0 Å². The van der Waals surface area contributed by atoms with Gasteiger partial charge in [0, 0.05) is 12.6 Å². The monoisotopic (exact) mass is 327 g/mol. The van der Waals surface area contributed by atoms with Crippen molar-refractivity contribution in [3.63, 3.8) is 0 Å². The van der Waals surface area contributed by atoms with E-state index in [0.29, 0.717) is 17.6 Å². The number of nitrogens with one attached hydrogen (secondary N) is 1. The second-order valence-electron chi connectivity index (χ2n) is 5.00. The highest BCUT2D eigenvalue weighted by Crippen LogP contribution is 2.18. The summed E-state index contributed by atoms with van der Waals surface area (Å²) >= 11 is 1.13. The Labute approximate surface area is 130 Å². The van der Waals surface area contributed by atoms with Crippen LogP contribution in [0.15, 0.2) is 23.4 Å². The zero-order valence-corrected chi connectivity index (χ0v) is 12.9. The van der Waals surface area contributed by atoms with E-state index in [1.807, 2.05) is 13.8 Å². The van der Waals surface area contributed by atoms with Crippen LogP contribution in [0.1, 0.15) is 13.8 Å². The predicted octanol–water partition coefficient (Wildman–Crippen LogP) is 2.34. The van der Waals surface area contributed by atoms with E-state index in [9.17, 15) is 13.6 Å². The van der Waals surface area contributed by atoms with Gasteiger partial charge in [-0.25, -0.2) is 13.5 Å². The molecule has 0 aliphatic heterocycles. The Kier molecular flexibility index (Phi) is 5.42. The maximum atomic E-state index is 13.4. The molecule has 0 aliphatic carbocycles. The number of amides is 1. The van der Waals surface area contributed by atoms with E-state index >= 15 is 0 Å². The van der Waals surface area contributed by atoms with Gasteiger partial charge in [-0.15, -0.1) is 5.10 Å². The van der Waals surface area contributed by atoms with Gasteiger partial charge in [-0.2, -0.15) is 0 Å². The fraction of sp³-hybridized carbons (Fsp3) is 0.385. The lowest BCUT2D eigenvalue weighted by Gasteiger charge is -2.08. The van der Waals surface area contributed by atoms with E-state index in [-0.39, 0.29) is 11.4 Å². The molecule has 22 heavy (non-hydrogen) atoms. The molecule has 0 unspecified atom stereocenters. The minimum Gasteiger partial charge on any atom is -0.323 e. The van der Waals surface area contributed by atoms with Crippen LogP contribution < -0.4 is 5.32 Å². The third-order valence-corrected chi connectivity index (χ3v) is 3.53. The molecular formula is C13H15F2N5OS. The highest BCUT2D eigenvalue weighted by atomic mass is 32.2. The first-order valence-corrected chi connectivity index (χ1v) is 7.58. The molecule has 1 amide bonds. The summed E-state index contributed by atoms with van der Waals surface area (Å²) in [5, 5.41) is 14.1. The highest BCUT2D eigenvalue weighted by molar-refractivity contribution is 7.99. The summed E-state index contributed by atoms with van der Waals surface area (Å²) in [7, 11) is 0. The molecule has 6 nitrogen and oxygen atoms in total. The lowest BCUT2D eigenvalue weighted by Crippen LogP contribution is -2.16. The number of anilines is 1. The topological polar surface area (TPSA) is 72.7 Å². The minimum atomic E-state index is -0.690. The zero-order chi connectivity index (χ0) is 16.1. The lowest BCUT2D eigenvalue weighted by molar-refractivity contribution is -0.113. The summed E-state index contributed by atoms with van der Waals surface area (Å²) in [5.74, 6) is -1.42. The number of nitrogens with zero attached hydrogens (tertiary/aromatic N) is 4. The molecule has 1 heterocycles. The first-order valence-electron chi connectivity index (χ1n) is 6.59. The second-order valence-corrected chi connectivity index (χ2v) is 5.94. The van der Waals surface area contributed by atoms with Crippen molar-refractivity contribution < 1.29 is 13.6 Å². The van der Waals surface area contributed by atoms with Crippen molar-refractivity contribution in [3.05, 3.63) is 29.8 Å². The Bertz CT molecular complexity index is 662. The predicted molar refractivity (Wildman–Crippen MR) is 78.4 cm³/mol. The molecule has 2 rings (SSSR count). The molecule has 1 N–H and O–H groups in total. The van der Waals surface area contributed by atoms with Crippen molar-refractivity contribution in [2.24, 2.45) is 5.92 Å². The van der Waals surface area contributed by atoms with Gasteiger partial charge >= 0.3 is 0 Å². The maximum absolute atomic E-state index is 13.4.